The van der Waals surface area contributed by atoms with E-state index in [1.165, 1.54) is 0 Å². The second-order valence-corrected chi connectivity index (χ2v) is 12.9. The zero-order valence-corrected chi connectivity index (χ0v) is 20.8. The van der Waals surface area contributed by atoms with Gasteiger partial charge in [0.15, 0.2) is 11.1 Å². The van der Waals surface area contributed by atoms with Crippen LogP contribution in [0, 0.1) is 0 Å². The lowest BCUT2D eigenvalue weighted by atomic mass is 10.1. The van der Waals surface area contributed by atoms with Crippen LogP contribution < -0.4 is 0 Å². The van der Waals surface area contributed by atoms with Crippen LogP contribution in [0.2, 0.25) is 0 Å². The molecule has 0 saturated carbocycles. The van der Waals surface area contributed by atoms with E-state index in [4.69, 9.17) is 20.9 Å². The van der Waals surface area contributed by atoms with Gasteiger partial charge in [0.1, 0.15) is 6.61 Å². The molecule has 0 heterocycles. The molecule has 0 radical (unpaired) electrons. The van der Waals surface area contributed by atoms with Gasteiger partial charge in [-0.15, -0.1) is 11.6 Å². The van der Waals surface area contributed by atoms with Gasteiger partial charge in [0.2, 0.25) is 0 Å². The van der Waals surface area contributed by atoms with Gasteiger partial charge >= 0.3 is 5.97 Å². The smallest absolute Gasteiger partial charge is 0.338 e. The highest BCUT2D eigenvalue weighted by atomic mass is 35.5. The molecular weight excluding hydrogens is 459 g/mol. The maximum Gasteiger partial charge on any atom is 0.338 e. The maximum atomic E-state index is 12.1. The Morgan fingerprint density at radius 3 is 2.37 bits per heavy atom. The number of aryl methyl sites for hydroxylation is 1. The first-order valence-electron chi connectivity index (χ1n) is 9.64. The summed E-state index contributed by atoms with van der Waals surface area (Å²) in [6.07, 6.45) is 1.80. The number of rotatable bonds is 10. The molecule has 0 aromatic heterocycles. The van der Waals surface area contributed by atoms with E-state index in [0.29, 0.717) is 25.6 Å². The predicted octanol–water partition coefficient (Wildman–Crippen LogP) is 6.11. The number of esters is 1. The largest absolute Gasteiger partial charge is 0.461 e. The number of ether oxygens (including phenoxy) is 1. The number of carbonyl (C=O) groups is 1. The number of alkyl halides is 1. The molecule has 2 aromatic rings. The summed E-state index contributed by atoms with van der Waals surface area (Å²) in [6, 6.07) is 14.4. The molecule has 0 spiro atoms. The van der Waals surface area contributed by atoms with Crippen molar-refractivity contribution in [1.29, 1.82) is 0 Å². The minimum atomic E-state index is -1.97. The van der Waals surface area contributed by atoms with Crippen LogP contribution in [0.5, 0.6) is 0 Å². The molecule has 2 rings (SSSR count). The molecule has 0 saturated heterocycles. The molecule has 30 heavy (non-hydrogen) atoms. The predicted molar refractivity (Wildman–Crippen MR) is 130 cm³/mol. The Morgan fingerprint density at radius 1 is 1.17 bits per heavy atom. The molecule has 0 aliphatic carbocycles. The highest BCUT2D eigenvalue weighted by Crippen LogP contribution is 2.38. The zero-order chi connectivity index (χ0) is 22.1. The monoisotopic (exact) mass is 486 g/mol. The SMILES string of the molecule is CC(C)(C)SCCOC(=O)c1ccc(CCPC(Cl)c2ccc(S(=O)O)cc2)cc1. The van der Waals surface area contributed by atoms with E-state index in [0.717, 1.165) is 29.5 Å². The minimum absolute atomic E-state index is 0.119. The third-order valence-corrected chi connectivity index (χ3v) is 8.01. The van der Waals surface area contributed by atoms with Crippen LogP contribution in [0.3, 0.4) is 0 Å². The van der Waals surface area contributed by atoms with E-state index in [1.807, 2.05) is 24.3 Å². The molecule has 3 unspecified atom stereocenters. The van der Waals surface area contributed by atoms with Crippen molar-refractivity contribution >= 4 is 49.0 Å². The summed E-state index contributed by atoms with van der Waals surface area (Å²) in [6.45, 7) is 6.83. The van der Waals surface area contributed by atoms with Crippen LogP contribution in [-0.4, -0.2) is 38.0 Å². The van der Waals surface area contributed by atoms with Crippen molar-refractivity contribution in [2.45, 2.75) is 42.0 Å². The number of hydrogen-bond donors (Lipinski definition) is 1. The fourth-order valence-electron chi connectivity index (χ4n) is 2.59. The number of hydrogen-bond acceptors (Lipinski definition) is 4. The van der Waals surface area contributed by atoms with Crippen molar-refractivity contribution in [2.75, 3.05) is 18.5 Å². The fraction of sp³-hybridized carbons (Fsp3) is 0.409. The Balaban J connectivity index is 1.74. The molecule has 2 aromatic carbocycles. The van der Waals surface area contributed by atoms with Crippen LogP contribution in [0.4, 0.5) is 0 Å². The molecule has 0 aliphatic heterocycles. The van der Waals surface area contributed by atoms with Crippen LogP contribution >= 0.6 is 31.9 Å². The summed E-state index contributed by atoms with van der Waals surface area (Å²) >= 11 is 6.28. The second-order valence-electron chi connectivity index (χ2n) is 7.68. The molecule has 0 fully saturated rings. The molecule has 0 bridgehead atoms. The number of halogens is 1. The fourth-order valence-corrected chi connectivity index (χ4v) is 5.32. The second kappa shape index (κ2) is 12.2. The van der Waals surface area contributed by atoms with E-state index >= 15 is 0 Å². The standard InChI is InChI=1S/C22H28ClO4PS2/c1-22(2,3)29-15-13-27-21(24)18-6-4-16(5-7-18)12-14-28-20(23)17-8-10-19(11-9-17)30(25)26/h4-11,20,28H,12-15H2,1-3H3,(H,25,26). The van der Waals surface area contributed by atoms with Gasteiger partial charge in [-0.2, -0.15) is 11.8 Å². The number of thioether (sulfide) groups is 1. The van der Waals surface area contributed by atoms with Gasteiger partial charge in [0.05, 0.1) is 15.6 Å². The molecule has 1 N–H and O–H groups in total. The zero-order valence-electron chi connectivity index (χ0n) is 17.4. The molecule has 4 nitrogen and oxygen atoms in total. The van der Waals surface area contributed by atoms with Gasteiger partial charge < -0.3 is 9.29 Å². The molecule has 0 amide bonds. The van der Waals surface area contributed by atoms with Crippen molar-refractivity contribution in [3.63, 3.8) is 0 Å². The normalized spacial score (nSPS) is 14.0. The molecule has 8 heteroatoms. The minimum Gasteiger partial charge on any atom is -0.461 e. The van der Waals surface area contributed by atoms with Crippen molar-refractivity contribution in [2.24, 2.45) is 0 Å². The topological polar surface area (TPSA) is 63.6 Å². The first-order valence-corrected chi connectivity index (χ1v) is 13.5. The highest BCUT2D eigenvalue weighted by molar-refractivity contribution is 8.00. The average molecular weight is 487 g/mol. The lowest BCUT2D eigenvalue weighted by molar-refractivity contribution is 0.0530. The van der Waals surface area contributed by atoms with Crippen molar-refractivity contribution in [1.82, 2.24) is 0 Å². The van der Waals surface area contributed by atoms with Crippen LogP contribution in [0.25, 0.3) is 0 Å². The average Bonchev–Trinajstić information content (AvgIpc) is 2.71. The third kappa shape index (κ3) is 9.07. The van der Waals surface area contributed by atoms with Crippen molar-refractivity contribution in [3.05, 3.63) is 65.2 Å². The van der Waals surface area contributed by atoms with Gasteiger partial charge in [0, 0.05) is 10.5 Å². The summed E-state index contributed by atoms with van der Waals surface area (Å²) in [5, 5.41) is -0.119. The van der Waals surface area contributed by atoms with E-state index in [2.05, 4.69) is 20.8 Å². The van der Waals surface area contributed by atoms with Crippen LogP contribution in [0.15, 0.2) is 53.4 Å². The van der Waals surface area contributed by atoms with E-state index < -0.39 is 11.1 Å². The summed E-state index contributed by atoms with van der Waals surface area (Å²) in [4.78, 5) is 12.5. The lowest BCUT2D eigenvalue weighted by Gasteiger charge is -2.17. The van der Waals surface area contributed by atoms with Crippen molar-refractivity contribution < 1.29 is 18.3 Å². The first kappa shape index (κ1) is 25.4. The summed E-state index contributed by atoms with van der Waals surface area (Å²) in [7, 11) is 0.521. The van der Waals surface area contributed by atoms with Gasteiger partial charge in [-0.05, 0) is 48.0 Å². The highest BCUT2D eigenvalue weighted by Gasteiger charge is 2.12. The molecule has 164 valence electrons. The maximum absolute atomic E-state index is 12.1. The third-order valence-electron chi connectivity index (χ3n) is 4.15. The Kier molecular flexibility index (Phi) is 10.3. The van der Waals surface area contributed by atoms with Crippen LogP contribution in [0.1, 0.15) is 47.4 Å². The van der Waals surface area contributed by atoms with E-state index in [-0.39, 0.29) is 15.8 Å². The summed E-state index contributed by atoms with van der Waals surface area (Å²) < 4.78 is 25.6. The summed E-state index contributed by atoms with van der Waals surface area (Å²) in [5.74, 6) is 0.500. The molecule has 3 atom stereocenters. The Morgan fingerprint density at radius 2 is 1.80 bits per heavy atom. The molecule has 0 aliphatic rings. The van der Waals surface area contributed by atoms with Gasteiger partial charge in [-0.1, -0.05) is 53.6 Å². The Hall–Kier alpha value is -0.910. The van der Waals surface area contributed by atoms with Gasteiger partial charge in [-0.25, -0.2) is 9.00 Å². The first-order chi connectivity index (χ1) is 14.2. The van der Waals surface area contributed by atoms with E-state index in [1.54, 1.807) is 36.0 Å². The summed E-state index contributed by atoms with van der Waals surface area (Å²) in [5.41, 5.74) is 2.67. The van der Waals surface area contributed by atoms with E-state index in [9.17, 15) is 9.00 Å². The number of carbonyl (C=O) groups excluding carboxylic acids is 1. The Bertz CT molecular complexity index is 836. The quantitative estimate of drug-likeness (QED) is 0.144. The molecular formula is C22H28ClO4PS2. The lowest BCUT2D eigenvalue weighted by Crippen LogP contribution is -2.13. The van der Waals surface area contributed by atoms with Gasteiger partial charge in [0.25, 0.3) is 0 Å². The van der Waals surface area contributed by atoms with Gasteiger partial charge in [-0.3, -0.25) is 0 Å². The number of benzene rings is 2. The Labute approximate surface area is 192 Å². The van der Waals surface area contributed by atoms with Crippen LogP contribution in [-0.2, 0) is 22.2 Å². The van der Waals surface area contributed by atoms with Crippen molar-refractivity contribution in [3.8, 4) is 0 Å².